The molecule has 3 aromatic rings. The summed E-state index contributed by atoms with van der Waals surface area (Å²) in [7, 11) is 0. The highest BCUT2D eigenvalue weighted by Crippen LogP contribution is 2.32. The highest BCUT2D eigenvalue weighted by molar-refractivity contribution is 5.43. The molecule has 23 heavy (non-hydrogen) atoms. The van der Waals surface area contributed by atoms with Crippen LogP contribution >= 0.6 is 0 Å². The number of benzene rings is 3. The molecule has 0 radical (unpaired) electrons. The summed E-state index contributed by atoms with van der Waals surface area (Å²) in [5.74, 6) is 0.845. The summed E-state index contributed by atoms with van der Waals surface area (Å²) in [4.78, 5) is 0. The van der Waals surface area contributed by atoms with Crippen LogP contribution in [0, 0.1) is 0 Å². The monoisotopic (exact) mass is 302 g/mol. The molecule has 0 aromatic heterocycles. The fourth-order valence-electron chi connectivity index (χ4n) is 3.03. The first-order chi connectivity index (χ1) is 11.1. The van der Waals surface area contributed by atoms with Crippen LogP contribution in [0.15, 0.2) is 78.9 Å². The molecule has 3 aromatic carbocycles. The van der Waals surface area contributed by atoms with Crippen LogP contribution in [-0.2, 0) is 0 Å². The Kier molecular flexibility index (Phi) is 4.47. The van der Waals surface area contributed by atoms with Gasteiger partial charge in [0.25, 0.3) is 0 Å². The van der Waals surface area contributed by atoms with E-state index in [0.717, 1.165) is 11.1 Å². The molecule has 1 heteroatoms. The van der Waals surface area contributed by atoms with E-state index in [1.165, 1.54) is 11.1 Å². The molecule has 2 unspecified atom stereocenters. The van der Waals surface area contributed by atoms with Crippen molar-refractivity contribution in [2.24, 2.45) is 0 Å². The van der Waals surface area contributed by atoms with Crippen molar-refractivity contribution in [1.82, 2.24) is 0 Å². The molecule has 0 saturated heterocycles. The molecule has 0 aliphatic carbocycles. The summed E-state index contributed by atoms with van der Waals surface area (Å²) in [6.07, 6.45) is 0. The van der Waals surface area contributed by atoms with Crippen LogP contribution in [0.25, 0.3) is 0 Å². The minimum absolute atomic E-state index is 0.255. The van der Waals surface area contributed by atoms with Gasteiger partial charge in [0.2, 0.25) is 0 Å². The average Bonchev–Trinajstić information content (AvgIpc) is 2.61. The van der Waals surface area contributed by atoms with Crippen molar-refractivity contribution in [2.75, 3.05) is 0 Å². The molecular weight excluding hydrogens is 280 g/mol. The Bertz CT molecular complexity index is 699. The van der Waals surface area contributed by atoms with Gasteiger partial charge < -0.3 is 5.11 Å². The van der Waals surface area contributed by atoms with Gasteiger partial charge in [-0.3, -0.25) is 0 Å². The van der Waals surface area contributed by atoms with E-state index in [0.29, 0.717) is 5.75 Å². The van der Waals surface area contributed by atoms with Crippen LogP contribution < -0.4 is 0 Å². The van der Waals surface area contributed by atoms with Crippen LogP contribution in [0.2, 0.25) is 0 Å². The summed E-state index contributed by atoms with van der Waals surface area (Å²) < 4.78 is 0. The first kappa shape index (κ1) is 15.4. The highest BCUT2D eigenvalue weighted by atomic mass is 16.3. The second kappa shape index (κ2) is 6.70. The van der Waals surface area contributed by atoms with Gasteiger partial charge in [-0.05, 0) is 34.4 Å². The van der Waals surface area contributed by atoms with Crippen LogP contribution in [0.1, 0.15) is 47.9 Å². The van der Waals surface area contributed by atoms with Crippen molar-refractivity contribution in [3.8, 4) is 5.75 Å². The molecule has 0 heterocycles. The standard InChI is InChI=1S/C22H22O/c1-16(18-9-5-3-6-10-18)20-13-21(15-22(23)14-20)17(2)19-11-7-4-8-12-19/h3-17,23H,1-2H3. The molecule has 0 aliphatic rings. The van der Waals surface area contributed by atoms with E-state index in [2.05, 4.69) is 68.4 Å². The van der Waals surface area contributed by atoms with E-state index in [4.69, 9.17) is 0 Å². The number of phenols is 1. The number of aromatic hydroxyl groups is 1. The Labute approximate surface area is 138 Å². The maximum atomic E-state index is 10.2. The van der Waals surface area contributed by atoms with Crippen molar-refractivity contribution in [2.45, 2.75) is 25.7 Å². The molecule has 1 N–H and O–H groups in total. The van der Waals surface area contributed by atoms with E-state index in [-0.39, 0.29) is 11.8 Å². The molecular formula is C22H22O. The molecule has 1 nitrogen and oxygen atoms in total. The molecule has 0 bridgehead atoms. The van der Waals surface area contributed by atoms with Gasteiger partial charge in [0.1, 0.15) is 5.75 Å². The van der Waals surface area contributed by atoms with E-state index in [1.807, 2.05) is 24.3 Å². The first-order valence-corrected chi connectivity index (χ1v) is 8.09. The normalized spacial score (nSPS) is 13.5. The zero-order valence-electron chi connectivity index (χ0n) is 13.6. The minimum Gasteiger partial charge on any atom is -0.508 e. The Morgan fingerprint density at radius 3 is 1.35 bits per heavy atom. The second-order valence-electron chi connectivity index (χ2n) is 6.12. The molecule has 2 atom stereocenters. The predicted molar refractivity (Wildman–Crippen MR) is 96.0 cm³/mol. The minimum atomic E-state index is 0.255. The van der Waals surface area contributed by atoms with Crippen molar-refractivity contribution in [3.63, 3.8) is 0 Å². The summed E-state index contributed by atoms with van der Waals surface area (Å²) in [5, 5.41) is 10.2. The quantitative estimate of drug-likeness (QED) is 0.656. The van der Waals surface area contributed by atoms with Gasteiger partial charge in [0.05, 0.1) is 0 Å². The molecule has 0 saturated carbocycles. The number of phenolic OH excluding ortho intramolecular Hbond substituents is 1. The number of hydrogen-bond acceptors (Lipinski definition) is 1. The highest BCUT2D eigenvalue weighted by Gasteiger charge is 2.14. The van der Waals surface area contributed by atoms with Crippen molar-refractivity contribution < 1.29 is 5.11 Å². The van der Waals surface area contributed by atoms with Crippen molar-refractivity contribution in [3.05, 3.63) is 101 Å². The van der Waals surface area contributed by atoms with Crippen LogP contribution in [0.4, 0.5) is 0 Å². The summed E-state index contributed by atoms with van der Waals surface area (Å²) >= 11 is 0. The summed E-state index contributed by atoms with van der Waals surface area (Å²) in [5.41, 5.74) is 4.82. The van der Waals surface area contributed by atoms with Gasteiger partial charge in [0.15, 0.2) is 0 Å². The maximum absolute atomic E-state index is 10.2. The Balaban J connectivity index is 1.96. The second-order valence-corrected chi connectivity index (χ2v) is 6.12. The summed E-state index contributed by atoms with van der Waals surface area (Å²) in [6.45, 7) is 4.36. The predicted octanol–water partition coefficient (Wildman–Crippen LogP) is 5.70. The largest absolute Gasteiger partial charge is 0.508 e. The topological polar surface area (TPSA) is 20.2 Å². The smallest absolute Gasteiger partial charge is 0.116 e. The molecule has 0 fully saturated rings. The van der Waals surface area contributed by atoms with Crippen LogP contribution in [0.3, 0.4) is 0 Å². The van der Waals surface area contributed by atoms with Crippen LogP contribution in [0.5, 0.6) is 5.75 Å². The third kappa shape index (κ3) is 3.45. The van der Waals surface area contributed by atoms with Gasteiger partial charge >= 0.3 is 0 Å². The lowest BCUT2D eigenvalue weighted by molar-refractivity contribution is 0.473. The molecule has 116 valence electrons. The third-order valence-electron chi connectivity index (χ3n) is 4.56. The SMILES string of the molecule is CC(c1ccccc1)c1cc(O)cc(C(C)c2ccccc2)c1. The van der Waals surface area contributed by atoms with E-state index < -0.39 is 0 Å². The van der Waals surface area contributed by atoms with Gasteiger partial charge in [-0.15, -0.1) is 0 Å². The van der Waals surface area contributed by atoms with Crippen LogP contribution in [-0.4, -0.2) is 5.11 Å². The molecule has 0 amide bonds. The van der Waals surface area contributed by atoms with Crippen molar-refractivity contribution in [1.29, 1.82) is 0 Å². The average molecular weight is 302 g/mol. The lowest BCUT2D eigenvalue weighted by atomic mass is 9.87. The zero-order valence-corrected chi connectivity index (χ0v) is 13.6. The lowest BCUT2D eigenvalue weighted by Gasteiger charge is -2.18. The van der Waals surface area contributed by atoms with Gasteiger partial charge in [-0.25, -0.2) is 0 Å². The third-order valence-corrected chi connectivity index (χ3v) is 4.56. The number of rotatable bonds is 4. The van der Waals surface area contributed by atoms with Crippen molar-refractivity contribution >= 4 is 0 Å². The fourth-order valence-corrected chi connectivity index (χ4v) is 3.03. The van der Waals surface area contributed by atoms with E-state index in [1.54, 1.807) is 0 Å². The van der Waals surface area contributed by atoms with E-state index in [9.17, 15) is 5.11 Å². The zero-order chi connectivity index (χ0) is 16.2. The molecule has 0 aliphatic heterocycles. The number of hydrogen-bond donors (Lipinski definition) is 1. The molecule has 0 spiro atoms. The Morgan fingerprint density at radius 1 is 0.565 bits per heavy atom. The van der Waals surface area contributed by atoms with Gasteiger partial charge in [-0.1, -0.05) is 80.6 Å². The maximum Gasteiger partial charge on any atom is 0.116 e. The Morgan fingerprint density at radius 2 is 0.957 bits per heavy atom. The fraction of sp³-hybridized carbons (Fsp3) is 0.182. The van der Waals surface area contributed by atoms with Gasteiger partial charge in [-0.2, -0.15) is 0 Å². The Hall–Kier alpha value is -2.54. The summed E-state index contributed by atoms with van der Waals surface area (Å²) in [6, 6.07) is 26.8. The molecule has 3 rings (SSSR count). The van der Waals surface area contributed by atoms with E-state index >= 15 is 0 Å². The van der Waals surface area contributed by atoms with Gasteiger partial charge in [0, 0.05) is 11.8 Å². The first-order valence-electron chi connectivity index (χ1n) is 8.09. The lowest BCUT2D eigenvalue weighted by Crippen LogP contribution is -2.00.